The number of anilines is 1. The summed E-state index contributed by atoms with van der Waals surface area (Å²) in [6.07, 6.45) is 0. The first kappa shape index (κ1) is 11.4. The molecule has 2 aromatic carbocycles. The highest BCUT2D eigenvalue weighted by molar-refractivity contribution is 8.14. The summed E-state index contributed by atoms with van der Waals surface area (Å²) >= 11 is 1.73. The Morgan fingerprint density at radius 2 is 1.56 bits per heavy atom. The van der Waals surface area contributed by atoms with E-state index in [2.05, 4.69) is 58.4 Å². The Labute approximate surface area is 111 Å². The normalized spacial score (nSPS) is 14.7. The molecular weight excluding hydrogens is 240 g/mol. The van der Waals surface area contributed by atoms with Crippen LogP contribution in [0.15, 0.2) is 70.6 Å². The third-order valence-electron chi connectivity index (χ3n) is 2.82. The third-order valence-corrected chi connectivity index (χ3v) is 3.86. The number of aliphatic imine (C=N–C) groups is 1. The third kappa shape index (κ3) is 2.41. The molecule has 90 valence electrons. The lowest BCUT2D eigenvalue weighted by atomic mass is 10.3. The Balaban J connectivity index is 1.80. The van der Waals surface area contributed by atoms with Crippen molar-refractivity contribution in [3.05, 3.63) is 60.7 Å². The Morgan fingerprint density at radius 3 is 2.28 bits per heavy atom. The van der Waals surface area contributed by atoms with Gasteiger partial charge in [-0.25, -0.2) is 0 Å². The fraction of sp³-hybridized carbons (Fsp3) is 0.133. The van der Waals surface area contributed by atoms with Crippen LogP contribution in [-0.2, 0) is 0 Å². The standard InChI is InChI=1S/C15H14N2S/c1-3-7-13(8-4-1)17-12-11-16-15(17)18-14-9-5-2-6-10-14/h1-10H,11-12H2. The molecule has 3 rings (SSSR count). The number of para-hydroxylation sites is 1. The summed E-state index contributed by atoms with van der Waals surface area (Å²) in [5, 5.41) is 1.09. The van der Waals surface area contributed by atoms with Crippen molar-refractivity contribution in [3.8, 4) is 0 Å². The minimum absolute atomic E-state index is 0.879. The number of nitrogens with zero attached hydrogens (tertiary/aromatic N) is 2. The van der Waals surface area contributed by atoms with Crippen molar-refractivity contribution in [2.24, 2.45) is 4.99 Å². The zero-order valence-electron chi connectivity index (χ0n) is 9.99. The highest BCUT2D eigenvalue weighted by Crippen LogP contribution is 2.27. The minimum atomic E-state index is 0.879. The van der Waals surface area contributed by atoms with Gasteiger partial charge in [0.1, 0.15) is 0 Å². The van der Waals surface area contributed by atoms with E-state index in [-0.39, 0.29) is 0 Å². The smallest absolute Gasteiger partial charge is 0.168 e. The highest BCUT2D eigenvalue weighted by Gasteiger charge is 2.19. The molecule has 3 heteroatoms. The zero-order valence-corrected chi connectivity index (χ0v) is 10.8. The van der Waals surface area contributed by atoms with Gasteiger partial charge in [0.2, 0.25) is 0 Å². The highest BCUT2D eigenvalue weighted by atomic mass is 32.2. The predicted octanol–water partition coefficient (Wildman–Crippen LogP) is 3.65. The molecule has 0 amide bonds. The quantitative estimate of drug-likeness (QED) is 0.813. The molecule has 0 bridgehead atoms. The van der Waals surface area contributed by atoms with Crippen LogP contribution < -0.4 is 4.90 Å². The average Bonchev–Trinajstić information content (AvgIpc) is 2.89. The van der Waals surface area contributed by atoms with Crippen molar-refractivity contribution in [1.29, 1.82) is 0 Å². The number of amidine groups is 1. The summed E-state index contributed by atoms with van der Waals surface area (Å²) in [5.74, 6) is 0. The molecule has 18 heavy (non-hydrogen) atoms. The summed E-state index contributed by atoms with van der Waals surface area (Å²) in [7, 11) is 0. The van der Waals surface area contributed by atoms with E-state index in [1.807, 2.05) is 12.1 Å². The van der Waals surface area contributed by atoms with Gasteiger partial charge in [-0.15, -0.1) is 0 Å². The van der Waals surface area contributed by atoms with Gasteiger partial charge < -0.3 is 4.90 Å². The molecule has 0 saturated carbocycles. The molecule has 0 aliphatic carbocycles. The fourth-order valence-electron chi connectivity index (χ4n) is 1.96. The second-order valence-electron chi connectivity index (χ2n) is 4.07. The largest absolute Gasteiger partial charge is 0.319 e. The number of benzene rings is 2. The molecule has 0 atom stereocenters. The van der Waals surface area contributed by atoms with E-state index in [4.69, 9.17) is 0 Å². The molecule has 0 fully saturated rings. The lowest BCUT2D eigenvalue weighted by Gasteiger charge is -2.19. The van der Waals surface area contributed by atoms with Crippen molar-refractivity contribution in [2.45, 2.75) is 4.90 Å². The second kappa shape index (κ2) is 5.27. The molecule has 2 nitrogen and oxygen atoms in total. The van der Waals surface area contributed by atoms with Crippen molar-refractivity contribution in [1.82, 2.24) is 0 Å². The van der Waals surface area contributed by atoms with Crippen LogP contribution in [0.5, 0.6) is 0 Å². The first-order valence-electron chi connectivity index (χ1n) is 6.03. The molecule has 0 aromatic heterocycles. The van der Waals surface area contributed by atoms with Crippen LogP contribution in [0, 0.1) is 0 Å². The SMILES string of the molecule is c1ccc(SC2=NCCN2c2ccccc2)cc1. The van der Waals surface area contributed by atoms with Crippen LogP contribution >= 0.6 is 11.8 Å². The Kier molecular flexibility index (Phi) is 3.33. The van der Waals surface area contributed by atoms with E-state index in [1.165, 1.54) is 10.6 Å². The Hall–Kier alpha value is -1.74. The van der Waals surface area contributed by atoms with Crippen LogP contribution in [0.4, 0.5) is 5.69 Å². The van der Waals surface area contributed by atoms with Crippen LogP contribution in [0.2, 0.25) is 0 Å². The van der Waals surface area contributed by atoms with Gasteiger partial charge in [-0.05, 0) is 24.3 Å². The molecule has 0 radical (unpaired) electrons. The molecule has 0 N–H and O–H groups in total. The maximum atomic E-state index is 4.59. The van der Waals surface area contributed by atoms with Gasteiger partial charge in [0.25, 0.3) is 0 Å². The van der Waals surface area contributed by atoms with Crippen LogP contribution in [-0.4, -0.2) is 18.3 Å². The molecule has 1 aliphatic rings. The average molecular weight is 254 g/mol. The van der Waals surface area contributed by atoms with Gasteiger partial charge in [0.05, 0.1) is 6.54 Å². The first-order chi connectivity index (χ1) is 8.93. The summed E-state index contributed by atoms with van der Waals surface area (Å²) in [5.41, 5.74) is 1.22. The summed E-state index contributed by atoms with van der Waals surface area (Å²) in [6.45, 7) is 1.85. The van der Waals surface area contributed by atoms with E-state index in [0.717, 1.165) is 18.3 Å². The van der Waals surface area contributed by atoms with Crippen LogP contribution in [0.1, 0.15) is 0 Å². The second-order valence-corrected chi connectivity index (χ2v) is 5.11. The van der Waals surface area contributed by atoms with E-state index >= 15 is 0 Å². The van der Waals surface area contributed by atoms with Crippen molar-refractivity contribution in [3.63, 3.8) is 0 Å². The molecule has 2 aromatic rings. The van der Waals surface area contributed by atoms with E-state index in [0.29, 0.717) is 0 Å². The minimum Gasteiger partial charge on any atom is -0.319 e. The molecule has 1 heterocycles. The van der Waals surface area contributed by atoms with E-state index in [1.54, 1.807) is 11.8 Å². The maximum Gasteiger partial charge on any atom is 0.168 e. The summed E-state index contributed by atoms with van der Waals surface area (Å²) in [6, 6.07) is 20.8. The van der Waals surface area contributed by atoms with Gasteiger partial charge >= 0.3 is 0 Å². The number of rotatable bonds is 2. The van der Waals surface area contributed by atoms with Gasteiger partial charge in [0, 0.05) is 17.1 Å². The molecule has 0 unspecified atom stereocenters. The fourth-order valence-corrected chi connectivity index (χ4v) is 2.92. The van der Waals surface area contributed by atoms with Crippen LogP contribution in [0.25, 0.3) is 0 Å². The van der Waals surface area contributed by atoms with Crippen molar-refractivity contribution < 1.29 is 0 Å². The molecule has 0 saturated heterocycles. The molecular formula is C15H14N2S. The van der Waals surface area contributed by atoms with E-state index in [9.17, 15) is 0 Å². The van der Waals surface area contributed by atoms with Crippen molar-refractivity contribution in [2.75, 3.05) is 18.0 Å². The van der Waals surface area contributed by atoms with Gasteiger partial charge in [-0.3, -0.25) is 4.99 Å². The van der Waals surface area contributed by atoms with Gasteiger partial charge in [0.15, 0.2) is 5.17 Å². The van der Waals surface area contributed by atoms with Gasteiger partial charge in [-0.2, -0.15) is 0 Å². The lowest BCUT2D eigenvalue weighted by molar-refractivity contribution is 1.02. The summed E-state index contributed by atoms with van der Waals surface area (Å²) < 4.78 is 0. The Morgan fingerprint density at radius 1 is 0.889 bits per heavy atom. The van der Waals surface area contributed by atoms with Crippen LogP contribution in [0.3, 0.4) is 0 Å². The van der Waals surface area contributed by atoms with Crippen molar-refractivity contribution >= 4 is 22.6 Å². The van der Waals surface area contributed by atoms with E-state index < -0.39 is 0 Å². The monoisotopic (exact) mass is 254 g/mol. The number of hydrogen-bond acceptors (Lipinski definition) is 3. The molecule has 0 spiro atoms. The lowest BCUT2D eigenvalue weighted by Crippen LogP contribution is -2.24. The Bertz CT molecular complexity index is 537. The topological polar surface area (TPSA) is 15.6 Å². The predicted molar refractivity (Wildman–Crippen MR) is 78.4 cm³/mol. The molecule has 1 aliphatic heterocycles. The zero-order chi connectivity index (χ0) is 12.2. The number of hydrogen-bond donors (Lipinski definition) is 0. The first-order valence-corrected chi connectivity index (χ1v) is 6.85. The van der Waals surface area contributed by atoms with Gasteiger partial charge in [-0.1, -0.05) is 48.2 Å². The maximum absolute atomic E-state index is 4.59. The summed E-state index contributed by atoms with van der Waals surface area (Å²) in [4.78, 5) is 8.11. The number of thioether (sulfide) groups is 1.